The summed E-state index contributed by atoms with van der Waals surface area (Å²) in [6, 6.07) is 7.74. The van der Waals surface area contributed by atoms with Crippen molar-refractivity contribution in [2.75, 3.05) is 0 Å². The molecular formula is C20H18BrNO2. The lowest BCUT2D eigenvalue weighted by molar-refractivity contribution is -0.123. The molecule has 1 aliphatic rings. The lowest BCUT2D eigenvalue weighted by Gasteiger charge is -2.15. The number of carbonyl (C=O) groups excluding carboxylic acids is 2. The highest BCUT2D eigenvalue weighted by Crippen LogP contribution is 2.36. The zero-order valence-corrected chi connectivity index (χ0v) is 15.5. The minimum atomic E-state index is -0.681. The van der Waals surface area contributed by atoms with Crippen LogP contribution in [0.1, 0.15) is 40.3 Å². The number of halogens is 1. The number of benzene rings is 1. The molecule has 24 heavy (non-hydrogen) atoms. The monoisotopic (exact) mass is 383 g/mol. The van der Waals surface area contributed by atoms with E-state index in [1.165, 1.54) is 0 Å². The third kappa shape index (κ3) is 2.98. The van der Waals surface area contributed by atoms with Crippen molar-refractivity contribution in [1.82, 2.24) is 4.98 Å². The average molecular weight is 384 g/mol. The topological polar surface area (TPSA) is 47.0 Å². The predicted octanol–water partition coefficient (Wildman–Crippen LogP) is 4.48. The molecule has 0 radical (unpaired) electrons. The first-order valence-corrected chi connectivity index (χ1v) is 8.63. The number of rotatable bonds is 2. The molecule has 1 unspecified atom stereocenters. The molecule has 1 aromatic heterocycles. The van der Waals surface area contributed by atoms with Crippen LogP contribution in [0.2, 0.25) is 0 Å². The second-order valence-electron chi connectivity index (χ2n) is 6.29. The van der Waals surface area contributed by atoms with Crippen LogP contribution in [0.3, 0.4) is 0 Å². The molecule has 1 saturated carbocycles. The third-order valence-corrected chi connectivity index (χ3v) is 5.06. The molecule has 0 aliphatic heterocycles. The number of ketones is 2. The van der Waals surface area contributed by atoms with Gasteiger partial charge in [0.05, 0.1) is 5.69 Å². The van der Waals surface area contributed by atoms with Gasteiger partial charge in [0.15, 0.2) is 11.6 Å². The molecular weight excluding hydrogens is 366 g/mol. The minimum Gasteiger partial charge on any atom is -0.298 e. The summed E-state index contributed by atoms with van der Waals surface area (Å²) in [6.45, 7) is 5.95. The Morgan fingerprint density at radius 2 is 1.83 bits per heavy atom. The van der Waals surface area contributed by atoms with Crippen molar-refractivity contribution in [1.29, 1.82) is 0 Å². The number of nitrogens with zero attached hydrogens (tertiary/aromatic N) is 1. The van der Waals surface area contributed by atoms with Crippen LogP contribution in [-0.2, 0) is 9.59 Å². The Balaban J connectivity index is 2.04. The van der Waals surface area contributed by atoms with Crippen LogP contribution in [0.25, 0.3) is 6.08 Å². The maximum absolute atomic E-state index is 12.9. The van der Waals surface area contributed by atoms with Gasteiger partial charge in [0.1, 0.15) is 5.92 Å². The smallest absolute Gasteiger partial charge is 0.174 e. The largest absolute Gasteiger partial charge is 0.298 e. The zero-order chi connectivity index (χ0) is 17.4. The summed E-state index contributed by atoms with van der Waals surface area (Å²) in [5, 5.41) is 0. The molecule has 0 saturated heterocycles. The number of aryl methyl sites for hydroxylation is 3. The Morgan fingerprint density at radius 3 is 2.46 bits per heavy atom. The molecule has 4 heteroatoms. The first kappa shape index (κ1) is 16.8. The minimum absolute atomic E-state index is 0.0339. The van der Waals surface area contributed by atoms with E-state index in [4.69, 9.17) is 0 Å². The number of hydrogen-bond donors (Lipinski definition) is 0. The van der Waals surface area contributed by atoms with Crippen molar-refractivity contribution < 1.29 is 9.59 Å². The standard InChI is InChI=1S/C20H18BrNO2/c1-11-7-12(2)18(13(3)8-11)19-17(23)10-14(20(19)24)9-16-15(21)5-4-6-22-16/h4-9,19H,10H2,1-3H3. The Bertz CT molecular complexity index is 860. The van der Waals surface area contributed by atoms with Gasteiger partial charge in [-0.1, -0.05) is 17.7 Å². The van der Waals surface area contributed by atoms with Crippen LogP contribution in [0.5, 0.6) is 0 Å². The van der Waals surface area contributed by atoms with Gasteiger partial charge < -0.3 is 0 Å². The van der Waals surface area contributed by atoms with Crippen LogP contribution in [0, 0.1) is 20.8 Å². The zero-order valence-electron chi connectivity index (χ0n) is 13.9. The second kappa shape index (κ2) is 6.44. The van der Waals surface area contributed by atoms with Crippen LogP contribution >= 0.6 is 15.9 Å². The maximum Gasteiger partial charge on any atom is 0.174 e. The SMILES string of the molecule is Cc1cc(C)c(C2C(=O)CC(=Cc3ncccc3Br)C2=O)c(C)c1. The maximum atomic E-state index is 12.9. The highest BCUT2D eigenvalue weighted by molar-refractivity contribution is 9.10. The van der Waals surface area contributed by atoms with E-state index in [9.17, 15) is 9.59 Å². The molecule has 0 amide bonds. The molecule has 122 valence electrons. The van der Waals surface area contributed by atoms with E-state index in [1.54, 1.807) is 12.3 Å². The molecule has 1 aromatic carbocycles. The highest BCUT2D eigenvalue weighted by Gasteiger charge is 2.39. The fourth-order valence-corrected chi connectivity index (χ4v) is 3.81. The van der Waals surface area contributed by atoms with Crippen molar-refractivity contribution in [2.45, 2.75) is 33.1 Å². The van der Waals surface area contributed by atoms with Crippen LogP contribution in [0.15, 0.2) is 40.5 Å². The lowest BCUT2D eigenvalue weighted by Crippen LogP contribution is -2.15. The number of hydrogen-bond acceptors (Lipinski definition) is 3. The quantitative estimate of drug-likeness (QED) is 0.567. The molecule has 3 rings (SSSR count). The van der Waals surface area contributed by atoms with E-state index >= 15 is 0 Å². The number of pyridine rings is 1. The van der Waals surface area contributed by atoms with Crippen LogP contribution in [0.4, 0.5) is 0 Å². The Morgan fingerprint density at radius 1 is 1.17 bits per heavy atom. The summed E-state index contributed by atoms with van der Waals surface area (Å²) in [6.07, 6.45) is 3.56. The Kier molecular flexibility index (Phi) is 4.50. The van der Waals surface area contributed by atoms with Gasteiger partial charge in [-0.3, -0.25) is 14.6 Å². The van der Waals surface area contributed by atoms with Gasteiger partial charge in [-0.15, -0.1) is 0 Å². The summed E-state index contributed by atoms with van der Waals surface area (Å²) in [5.74, 6) is -0.819. The fourth-order valence-electron chi connectivity index (χ4n) is 3.44. The summed E-state index contributed by atoms with van der Waals surface area (Å²) in [7, 11) is 0. The Labute approximate surface area is 149 Å². The van der Waals surface area contributed by atoms with E-state index in [1.807, 2.05) is 45.0 Å². The molecule has 0 bridgehead atoms. The molecule has 1 aliphatic carbocycles. The molecule has 3 nitrogen and oxygen atoms in total. The average Bonchev–Trinajstić information content (AvgIpc) is 2.76. The van der Waals surface area contributed by atoms with Crippen LogP contribution in [-0.4, -0.2) is 16.6 Å². The van der Waals surface area contributed by atoms with E-state index in [2.05, 4.69) is 20.9 Å². The summed E-state index contributed by atoms with van der Waals surface area (Å²) in [4.78, 5) is 29.7. The molecule has 1 atom stereocenters. The summed E-state index contributed by atoms with van der Waals surface area (Å²) >= 11 is 3.43. The van der Waals surface area contributed by atoms with Crippen molar-refractivity contribution in [3.8, 4) is 0 Å². The van der Waals surface area contributed by atoms with E-state index in [0.29, 0.717) is 11.3 Å². The third-order valence-electron chi connectivity index (χ3n) is 4.39. The molecule has 1 heterocycles. The van der Waals surface area contributed by atoms with E-state index in [-0.39, 0.29) is 18.0 Å². The molecule has 1 fully saturated rings. The van der Waals surface area contributed by atoms with Gasteiger partial charge >= 0.3 is 0 Å². The highest BCUT2D eigenvalue weighted by atomic mass is 79.9. The van der Waals surface area contributed by atoms with Gasteiger partial charge in [0, 0.05) is 22.7 Å². The number of Topliss-reactive ketones (excluding diaryl/α,β-unsaturated/α-hetero) is 2. The van der Waals surface area contributed by atoms with Crippen molar-refractivity contribution in [2.24, 2.45) is 0 Å². The van der Waals surface area contributed by atoms with Crippen molar-refractivity contribution in [3.05, 3.63) is 68.5 Å². The van der Waals surface area contributed by atoms with Gasteiger partial charge in [-0.2, -0.15) is 0 Å². The van der Waals surface area contributed by atoms with E-state index in [0.717, 1.165) is 26.7 Å². The van der Waals surface area contributed by atoms with Gasteiger partial charge in [0.25, 0.3) is 0 Å². The lowest BCUT2D eigenvalue weighted by atomic mass is 9.87. The molecule has 2 aromatic rings. The van der Waals surface area contributed by atoms with Crippen LogP contribution < -0.4 is 0 Å². The second-order valence-corrected chi connectivity index (χ2v) is 7.15. The summed E-state index contributed by atoms with van der Waals surface area (Å²) in [5.41, 5.74) is 5.20. The van der Waals surface area contributed by atoms with E-state index < -0.39 is 5.92 Å². The predicted molar refractivity (Wildman–Crippen MR) is 97.9 cm³/mol. The normalized spacial score (nSPS) is 19.3. The van der Waals surface area contributed by atoms with Gasteiger partial charge in [-0.25, -0.2) is 0 Å². The molecule has 0 spiro atoms. The van der Waals surface area contributed by atoms with Gasteiger partial charge in [-0.05, 0) is 71.6 Å². The van der Waals surface area contributed by atoms with Crippen molar-refractivity contribution >= 4 is 33.6 Å². The fraction of sp³-hybridized carbons (Fsp3) is 0.250. The first-order valence-electron chi connectivity index (χ1n) is 7.84. The Hall–Kier alpha value is -2.07. The first-order chi connectivity index (χ1) is 11.4. The number of allylic oxidation sites excluding steroid dienone is 1. The van der Waals surface area contributed by atoms with Gasteiger partial charge in [0.2, 0.25) is 0 Å². The molecule has 0 N–H and O–H groups in total. The number of carbonyl (C=O) groups is 2. The van der Waals surface area contributed by atoms with Crippen molar-refractivity contribution in [3.63, 3.8) is 0 Å². The summed E-state index contributed by atoms with van der Waals surface area (Å²) < 4.78 is 0.809. The number of aromatic nitrogens is 1.